The first-order chi connectivity index (χ1) is 8.56. The molecule has 1 unspecified atom stereocenters. The third kappa shape index (κ3) is 2.77. The number of furan rings is 1. The van der Waals surface area contributed by atoms with Crippen LogP contribution in [0.2, 0.25) is 0 Å². The number of halogens is 1. The lowest BCUT2D eigenvalue weighted by Crippen LogP contribution is -2.01. The second-order valence-electron chi connectivity index (χ2n) is 4.21. The summed E-state index contributed by atoms with van der Waals surface area (Å²) < 4.78 is 18.6. The molecule has 0 radical (unpaired) electrons. The fourth-order valence-electron chi connectivity index (χ4n) is 1.78. The van der Waals surface area contributed by atoms with Crippen LogP contribution in [0.25, 0.3) is 11.3 Å². The maximum absolute atomic E-state index is 13.1. The lowest BCUT2D eigenvalue weighted by Gasteiger charge is -2.04. The summed E-state index contributed by atoms with van der Waals surface area (Å²) in [6.07, 6.45) is 0.0100. The van der Waals surface area contributed by atoms with Crippen molar-refractivity contribution >= 4 is 5.97 Å². The van der Waals surface area contributed by atoms with Gasteiger partial charge in [0, 0.05) is 11.5 Å². The van der Waals surface area contributed by atoms with Crippen LogP contribution < -0.4 is 0 Å². The van der Waals surface area contributed by atoms with Crippen molar-refractivity contribution < 1.29 is 18.7 Å². The largest absolute Gasteiger partial charge is 0.481 e. The molecule has 2 aromatic rings. The van der Waals surface area contributed by atoms with E-state index >= 15 is 0 Å². The topological polar surface area (TPSA) is 50.4 Å². The molecule has 0 saturated carbocycles. The number of carbonyl (C=O) groups is 1. The van der Waals surface area contributed by atoms with Gasteiger partial charge in [0.15, 0.2) is 0 Å². The molecule has 1 aromatic carbocycles. The molecule has 94 valence electrons. The second kappa shape index (κ2) is 5.04. The predicted molar refractivity (Wildman–Crippen MR) is 64.8 cm³/mol. The number of carboxylic acids is 1. The monoisotopic (exact) mass is 248 g/mol. The minimum absolute atomic E-state index is 0.0100. The van der Waals surface area contributed by atoms with Gasteiger partial charge in [-0.1, -0.05) is 19.1 Å². The van der Waals surface area contributed by atoms with Gasteiger partial charge in [-0.3, -0.25) is 4.79 Å². The van der Waals surface area contributed by atoms with E-state index in [1.807, 2.05) is 0 Å². The van der Waals surface area contributed by atoms with Gasteiger partial charge in [-0.2, -0.15) is 0 Å². The minimum atomic E-state index is -0.869. The molecule has 3 nitrogen and oxygen atoms in total. The molecule has 4 heteroatoms. The van der Waals surface area contributed by atoms with E-state index < -0.39 is 5.97 Å². The first kappa shape index (κ1) is 12.4. The number of aliphatic carboxylic acids is 1. The third-order valence-corrected chi connectivity index (χ3v) is 2.70. The highest BCUT2D eigenvalue weighted by molar-refractivity contribution is 5.68. The van der Waals surface area contributed by atoms with Gasteiger partial charge in [0.25, 0.3) is 0 Å². The molecule has 2 rings (SSSR count). The Morgan fingerprint density at radius 3 is 2.83 bits per heavy atom. The number of benzene rings is 1. The molecule has 1 N–H and O–H groups in total. The van der Waals surface area contributed by atoms with Crippen LogP contribution in [0.15, 0.2) is 40.8 Å². The fraction of sp³-hybridized carbons (Fsp3) is 0.214. The van der Waals surface area contributed by atoms with E-state index in [9.17, 15) is 9.18 Å². The highest BCUT2D eigenvalue weighted by atomic mass is 19.1. The fourth-order valence-corrected chi connectivity index (χ4v) is 1.78. The molecule has 18 heavy (non-hydrogen) atoms. The van der Waals surface area contributed by atoms with Crippen LogP contribution in [0.3, 0.4) is 0 Å². The molecule has 0 spiro atoms. The first-order valence-corrected chi connectivity index (χ1v) is 5.63. The van der Waals surface area contributed by atoms with Gasteiger partial charge < -0.3 is 9.52 Å². The summed E-state index contributed by atoms with van der Waals surface area (Å²) in [6, 6.07) is 9.54. The number of carboxylic acid groups (broad SMARTS) is 1. The van der Waals surface area contributed by atoms with Crippen molar-refractivity contribution in [2.24, 2.45) is 0 Å². The average Bonchev–Trinajstić information content (AvgIpc) is 2.77. The zero-order valence-electron chi connectivity index (χ0n) is 9.89. The van der Waals surface area contributed by atoms with E-state index in [4.69, 9.17) is 9.52 Å². The van der Waals surface area contributed by atoms with Gasteiger partial charge in [0.2, 0.25) is 0 Å². The van der Waals surface area contributed by atoms with Crippen molar-refractivity contribution in [2.45, 2.75) is 19.3 Å². The van der Waals surface area contributed by atoms with Gasteiger partial charge in [-0.25, -0.2) is 4.39 Å². The molecule has 0 bridgehead atoms. The lowest BCUT2D eigenvalue weighted by molar-refractivity contribution is -0.137. The Labute approximate surface area is 104 Å². The molecule has 1 aromatic heterocycles. The Hall–Kier alpha value is -2.10. The normalized spacial score (nSPS) is 12.3. The third-order valence-electron chi connectivity index (χ3n) is 2.70. The van der Waals surface area contributed by atoms with Gasteiger partial charge >= 0.3 is 5.97 Å². The van der Waals surface area contributed by atoms with E-state index in [1.54, 1.807) is 31.2 Å². The van der Waals surface area contributed by atoms with E-state index in [2.05, 4.69) is 0 Å². The standard InChI is InChI=1S/C14H13FO3/c1-9(7-14(16)17)12-5-6-13(18-12)10-3-2-4-11(15)8-10/h2-6,8-9H,7H2,1H3,(H,16,17). The van der Waals surface area contributed by atoms with Crippen LogP contribution in [0.4, 0.5) is 4.39 Å². The van der Waals surface area contributed by atoms with Crippen molar-refractivity contribution in [1.29, 1.82) is 0 Å². The Kier molecular flexibility index (Phi) is 3.46. The molecule has 0 aliphatic rings. The Bertz CT molecular complexity index is 560. The summed E-state index contributed by atoms with van der Waals surface area (Å²) in [5.41, 5.74) is 0.642. The minimum Gasteiger partial charge on any atom is -0.481 e. The zero-order chi connectivity index (χ0) is 13.1. The predicted octanol–water partition coefficient (Wildman–Crippen LogP) is 3.66. The smallest absolute Gasteiger partial charge is 0.304 e. The number of hydrogen-bond acceptors (Lipinski definition) is 2. The molecule has 0 aliphatic heterocycles. The van der Waals surface area contributed by atoms with Crippen LogP contribution in [-0.4, -0.2) is 11.1 Å². The summed E-state index contributed by atoms with van der Waals surface area (Å²) in [5, 5.41) is 8.71. The van der Waals surface area contributed by atoms with Gasteiger partial charge in [-0.05, 0) is 24.3 Å². The van der Waals surface area contributed by atoms with Crippen molar-refractivity contribution in [1.82, 2.24) is 0 Å². The van der Waals surface area contributed by atoms with E-state index in [0.717, 1.165) is 0 Å². The molecule has 0 amide bonds. The van der Waals surface area contributed by atoms with E-state index in [-0.39, 0.29) is 18.2 Å². The van der Waals surface area contributed by atoms with E-state index in [1.165, 1.54) is 12.1 Å². The summed E-state index contributed by atoms with van der Waals surface area (Å²) in [5.74, 6) is -0.265. The van der Waals surface area contributed by atoms with Crippen molar-refractivity contribution in [3.8, 4) is 11.3 Å². The molecule has 1 heterocycles. The van der Waals surface area contributed by atoms with Gasteiger partial charge in [0.05, 0.1) is 6.42 Å². The maximum Gasteiger partial charge on any atom is 0.304 e. The van der Waals surface area contributed by atoms with Crippen LogP contribution in [-0.2, 0) is 4.79 Å². The first-order valence-electron chi connectivity index (χ1n) is 5.63. The van der Waals surface area contributed by atoms with E-state index in [0.29, 0.717) is 17.1 Å². The van der Waals surface area contributed by atoms with Crippen LogP contribution in [0, 0.1) is 5.82 Å². The maximum atomic E-state index is 13.1. The summed E-state index contributed by atoms with van der Waals surface area (Å²) in [7, 11) is 0. The summed E-state index contributed by atoms with van der Waals surface area (Å²) >= 11 is 0. The second-order valence-corrected chi connectivity index (χ2v) is 4.21. The van der Waals surface area contributed by atoms with Crippen LogP contribution >= 0.6 is 0 Å². The lowest BCUT2D eigenvalue weighted by atomic mass is 10.1. The van der Waals surface area contributed by atoms with Gasteiger partial charge in [0.1, 0.15) is 17.3 Å². The number of rotatable bonds is 4. The molecule has 0 aliphatic carbocycles. The Morgan fingerprint density at radius 2 is 2.17 bits per heavy atom. The van der Waals surface area contributed by atoms with Crippen molar-refractivity contribution in [3.63, 3.8) is 0 Å². The van der Waals surface area contributed by atoms with Crippen molar-refractivity contribution in [2.75, 3.05) is 0 Å². The highest BCUT2D eigenvalue weighted by Crippen LogP contribution is 2.27. The highest BCUT2D eigenvalue weighted by Gasteiger charge is 2.14. The quantitative estimate of drug-likeness (QED) is 0.898. The molecular formula is C14H13FO3. The molecule has 1 atom stereocenters. The number of hydrogen-bond donors (Lipinski definition) is 1. The molecule has 0 saturated heterocycles. The van der Waals surface area contributed by atoms with Gasteiger partial charge in [-0.15, -0.1) is 0 Å². The average molecular weight is 248 g/mol. The Balaban J connectivity index is 2.22. The zero-order valence-corrected chi connectivity index (χ0v) is 9.89. The SMILES string of the molecule is CC(CC(=O)O)c1ccc(-c2cccc(F)c2)o1. The van der Waals surface area contributed by atoms with Crippen LogP contribution in [0.1, 0.15) is 25.0 Å². The van der Waals surface area contributed by atoms with Crippen LogP contribution in [0.5, 0.6) is 0 Å². The summed E-state index contributed by atoms with van der Waals surface area (Å²) in [6.45, 7) is 1.78. The summed E-state index contributed by atoms with van der Waals surface area (Å²) in [4.78, 5) is 10.6. The molecule has 0 fully saturated rings. The van der Waals surface area contributed by atoms with Crippen molar-refractivity contribution in [3.05, 3.63) is 48.0 Å². The molecular weight excluding hydrogens is 235 g/mol. The Morgan fingerprint density at radius 1 is 1.39 bits per heavy atom.